The number of anilines is 1. The van der Waals surface area contributed by atoms with Crippen LogP contribution in [0.15, 0.2) is 18.2 Å². The summed E-state index contributed by atoms with van der Waals surface area (Å²) in [7, 11) is 0. The fourth-order valence-corrected chi connectivity index (χ4v) is 2.44. The lowest BCUT2D eigenvalue weighted by Gasteiger charge is -2.25. The standard InChI is InChI=1S/C15H22N2O/c1-12-11-13(7-8-14(12)16)15(18)17-9-5-3-2-4-6-10-17/h7-8,11H,2-6,9-10,16H2,1H3. The van der Waals surface area contributed by atoms with Gasteiger partial charge in [-0.05, 0) is 43.5 Å². The first-order valence-corrected chi connectivity index (χ1v) is 6.84. The summed E-state index contributed by atoms with van der Waals surface area (Å²) in [4.78, 5) is 14.4. The molecular formula is C15H22N2O. The quantitative estimate of drug-likeness (QED) is 0.774. The summed E-state index contributed by atoms with van der Waals surface area (Å²) >= 11 is 0. The second-order valence-corrected chi connectivity index (χ2v) is 5.13. The molecule has 1 aliphatic heterocycles. The molecule has 1 saturated heterocycles. The minimum absolute atomic E-state index is 0.153. The van der Waals surface area contributed by atoms with Crippen LogP contribution in [-0.4, -0.2) is 23.9 Å². The molecule has 3 nitrogen and oxygen atoms in total. The first-order chi connectivity index (χ1) is 8.68. The zero-order valence-electron chi connectivity index (χ0n) is 11.1. The van der Waals surface area contributed by atoms with E-state index in [4.69, 9.17) is 5.73 Å². The lowest BCUT2D eigenvalue weighted by atomic mass is 10.1. The lowest BCUT2D eigenvalue weighted by molar-refractivity contribution is 0.0742. The highest BCUT2D eigenvalue weighted by atomic mass is 16.2. The van der Waals surface area contributed by atoms with Gasteiger partial charge in [-0.25, -0.2) is 0 Å². The number of aryl methyl sites for hydroxylation is 1. The summed E-state index contributed by atoms with van der Waals surface area (Å²) in [6.45, 7) is 3.73. The highest BCUT2D eigenvalue weighted by Crippen LogP contribution is 2.17. The summed E-state index contributed by atoms with van der Waals surface area (Å²) in [5, 5.41) is 0. The van der Waals surface area contributed by atoms with Crippen molar-refractivity contribution < 1.29 is 4.79 Å². The van der Waals surface area contributed by atoms with Crippen LogP contribution in [-0.2, 0) is 0 Å². The average molecular weight is 246 g/mol. The molecule has 2 rings (SSSR count). The molecule has 0 unspecified atom stereocenters. The van der Waals surface area contributed by atoms with E-state index in [2.05, 4.69) is 0 Å². The van der Waals surface area contributed by atoms with Crippen LogP contribution >= 0.6 is 0 Å². The zero-order chi connectivity index (χ0) is 13.0. The molecule has 3 heteroatoms. The molecule has 1 aliphatic rings. The van der Waals surface area contributed by atoms with Crippen LogP contribution in [0.1, 0.15) is 48.0 Å². The first-order valence-electron chi connectivity index (χ1n) is 6.84. The fourth-order valence-electron chi connectivity index (χ4n) is 2.44. The van der Waals surface area contributed by atoms with Crippen molar-refractivity contribution in [2.45, 2.75) is 39.0 Å². The molecule has 2 N–H and O–H groups in total. The van der Waals surface area contributed by atoms with E-state index in [9.17, 15) is 4.79 Å². The maximum atomic E-state index is 12.4. The summed E-state index contributed by atoms with van der Waals surface area (Å²) in [5.41, 5.74) is 8.28. The number of carbonyl (C=O) groups is 1. The highest BCUT2D eigenvalue weighted by molar-refractivity contribution is 5.94. The van der Waals surface area contributed by atoms with E-state index in [0.717, 1.165) is 42.7 Å². The number of nitrogens with zero attached hydrogens (tertiary/aromatic N) is 1. The predicted octanol–water partition coefficient (Wildman–Crippen LogP) is 2.98. The Morgan fingerprint density at radius 3 is 2.33 bits per heavy atom. The number of nitrogens with two attached hydrogens (primary N) is 1. The van der Waals surface area contributed by atoms with Crippen molar-refractivity contribution in [2.24, 2.45) is 0 Å². The average Bonchev–Trinajstić information content (AvgIpc) is 2.31. The molecule has 98 valence electrons. The van der Waals surface area contributed by atoms with Crippen molar-refractivity contribution in [3.63, 3.8) is 0 Å². The van der Waals surface area contributed by atoms with Gasteiger partial charge in [-0.3, -0.25) is 4.79 Å². The van der Waals surface area contributed by atoms with Gasteiger partial charge in [0.05, 0.1) is 0 Å². The molecule has 1 aromatic rings. The van der Waals surface area contributed by atoms with Gasteiger partial charge in [-0.1, -0.05) is 19.3 Å². The zero-order valence-corrected chi connectivity index (χ0v) is 11.1. The van der Waals surface area contributed by atoms with Gasteiger partial charge in [-0.15, -0.1) is 0 Å². The van der Waals surface area contributed by atoms with Crippen LogP contribution < -0.4 is 5.73 Å². The van der Waals surface area contributed by atoms with Gasteiger partial charge in [-0.2, -0.15) is 0 Å². The Kier molecular flexibility index (Phi) is 4.24. The molecule has 1 amide bonds. The molecular weight excluding hydrogens is 224 g/mol. The van der Waals surface area contributed by atoms with Crippen molar-refractivity contribution in [3.8, 4) is 0 Å². The number of likely N-dealkylation sites (tertiary alicyclic amines) is 1. The van der Waals surface area contributed by atoms with E-state index in [1.165, 1.54) is 19.3 Å². The van der Waals surface area contributed by atoms with Gasteiger partial charge in [0.15, 0.2) is 0 Å². The Bertz CT molecular complexity index is 421. The summed E-state index contributed by atoms with van der Waals surface area (Å²) in [6.07, 6.45) is 6.04. The Balaban J connectivity index is 2.10. The van der Waals surface area contributed by atoms with E-state index < -0.39 is 0 Å². The lowest BCUT2D eigenvalue weighted by Crippen LogP contribution is -2.33. The number of amides is 1. The summed E-state index contributed by atoms with van der Waals surface area (Å²) in [6, 6.07) is 5.56. The van der Waals surface area contributed by atoms with Crippen molar-refractivity contribution in [2.75, 3.05) is 18.8 Å². The second kappa shape index (κ2) is 5.89. The van der Waals surface area contributed by atoms with Crippen LogP contribution in [0.5, 0.6) is 0 Å². The van der Waals surface area contributed by atoms with Gasteiger partial charge in [0, 0.05) is 24.3 Å². The van der Waals surface area contributed by atoms with Gasteiger partial charge < -0.3 is 10.6 Å². The molecule has 1 heterocycles. The molecule has 18 heavy (non-hydrogen) atoms. The molecule has 0 aromatic heterocycles. The summed E-state index contributed by atoms with van der Waals surface area (Å²) in [5.74, 6) is 0.153. The van der Waals surface area contributed by atoms with Crippen molar-refractivity contribution in [3.05, 3.63) is 29.3 Å². The topological polar surface area (TPSA) is 46.3 Å². The monoisotopic (exact) mass is 246 g/mol. The molecule has 1 fully saturated rings. The van der Waals surface area contributed by atoms with Gasteiger partial charge in [0.1, 0.15) is 0 Å². The maximum absolute atomic E-state index is 12.4. The second-order valence-electron chi connectivity index (χ2n) is 5.13. The predicted molar refractivity (Wildman–Crippen MR) is 74.6 cm³/mol. The maximum Gasteiger partial charge on any atom is 0.253 e. The highest BCUT2D eigenvalue weighted by Gasteiger charge is 2.16. The van der Waals surface area contributed by atoms with E-state index in [1.807, 2.05) is 30.0 Å². The Morgan fingerprint density at radius 2 is 1.72 bits per heavy atom. The molecule has 0 radical (unpaired) electrons. The molecule has 0 bridgehead atoms. The SMILES string of the molecule is Cc1cc(C(=O)N2CCCCCCC2)ccc1N. The van der Waals surface area contributed by atoms with E-state index in [-0.39, 0.29) is 5.91 Å². The fraction of sp³-hybridized carbons (Fsp3) is 0.533. The smallest absolute Gasteiger partial charge is 0.253 e. The molecule has 0 aliphatic carbocycles. The molecule has 0 spiro atoms. The number of nitrogen functional groups attached to an aromatic ring is 1. The number of rotatable bonds is 1. The van der Waals surface area contributed by atoms with Gasteiger partial charge in [0.25, 0.3) is 5.91 Å². The molecule has 0 saturated carbocycles. The minimum atomic E-state index is 0.153. The van der Waals surface area contributed by atoms with Crippen LogP contribution in [0.2, 0.25) is 0 Å². The summed E-state index contributed by atoms with van der Waals surface area (Å²) < 4.78 is 0. The van der Waals surface area contributed by atoms with E-state index >= 15 is 0 Å². The Labute approximate surface area is 109 Å². The number of carbonyl (C=O) groups excluding carboxylic acids is 1. The van der Waals surface area contributed by atoms with E-state index in [1.54, 1.807) is 0 Å². The van der Waals surface area contributed by atoms with Crippen LogP contribution in [0.25, 0.3) is 0 Å². The van der Waals surface area contributed by atoms with E-state index in [0.29, 0.717) is 0 Å². The van der Waals surface area contributed by atoms with Crippen LogP contribution in [0.4, 0.5) is 5.69 Å². The molecule has 1 aromatic carbocycles. The third-order valence-electron chi connectivity index (χ3n) is 3.66. The first kappa shape index (κ1) is 12.9. The minimum Gasteiger partial charge on any atom is -0.399 e. The third-order valence-corrected chi connectivity index (χ3v) is 3.66. The number of benzene rings is 1. The molecule has 0 atom stereocenters. The largest absolute Gasteiger partial charge is 0.399 e. The Morgan fingerprint density at radius 1 is 1.11 bits per heavy atom. The van der Waals surface area contributed by atoms with Crippen LogP contribution in [0, 0.1) is 6.92 Å². The van der Waals surface area contributed by atoms with Crippen LogP contribution in [0.3, 0.4) is 0 Å². The Hall–Kier alpha value is -1.51. The van der Waals surface area contributed by atoms with Crippen molar-refractivity contribution in [1.29, 1.82) is 0 Å². The van der Waals surface area contributed by atoms with Crippen molar-refractivity contribution in [1.82, 2.24) is 4.90 Å². The normalized spacial score (nSPS) is 17.1. The third kappa shape index (κ3) is 3.03. The van der Waals surface area contributed by atoms with Gasteiger partial charge >= 0.3 is 0 Å². The number of hydrogen-bond acceptors (Lipinski definition) is 2. The van der Waals surface area contributed by atoms with Gasteiger partial charge in [0.2, 0.25) is 0 Å². The van der Waals surface area contributed by atoms with Crippen molar-refractivity contribution >= 4 is 11.6 Å². The number of hydrogen-bond donors (Lipinski definition) is 1.